The van der Waals surface area contributed by atoms with Crippen molar-refractivity contribution in [3.05, 3.63) is 48.7 Å². The Hall–Kier alpha value is -1.57. The molecule has 0 aromatic carbocycles. The molecule has 0 bridgehead atoms. The van der Waals surface area contributed by atoms with Crippen LogP contribution in [0.4, 0.5) is 0 Å². The molecule has 0 N–H and O–H groups in total. The summed E-state index contributed by atoms with van der Waals surface area (Å²) in [6, 6.07) is 0. The first-order valence-corrected chi connectivity index (χ1v) is 4.07. The Morgan fingerprint density at radius 1 is 1.46 bits per heavy atom. The molecule has 1 aromatic rings. The summed E-state index contributed by atoms with van der Waals surface area (Å²) < 4.78 is 5.38. The second-order valence-corrected chi connectivity index (χ2v) is 2.78. The number of nitrogens with zero attached hydrogens (tertiary/aromatic N) is 1. The van der Waals surface area contributed by atoms with Crippen LogP contribution in [0.25, 0.3) is 5.57 Å². The zero-order chi connectivity index (χ0) is 9.84. The summed E-state index contributed by atoms with van der Waals surface area (Å²) in [6.07, 6.45) is 5.31. The monoisotopic (exact) mass is 175 g/mol. The highest BCUT2D eigenvalue weighted by Crippen LogP contribution is 2.16. The van der Waals surface area contributed by atoms with Gasteiger partial charge < -0.3 is 4.42 Å². The minimum absolute atomic E-state index is 0.577. The van der Waals surface area contributed by atoms with Crippen molar-refractivity contribution in [2.75, 3.05) is 0 Å². The van der Waals surface area contributed by atoms with E-state index in [1.165, 1.54) is 0 Å². The molecular formula is C11H13NO. The molecule has 0 fully saturated rings. The summed E-state index contributed by atoms with van der Waals surface area (Å²) in [7, 11) is 0. The maximum absolute atomic E-state index is 5.38. The van der Waals surface area contributed by atoms with Gasteiger partial charge in [-0.25, -0.2) is 4.98 Å². The highest BCUT2D eigenvalue weighted by atomic mass is 16.4. The Kier molecular flexibility index (Phi) is 2.85. The van der Waals surface area contributed by atoms with Crippen LogP contribution in [0.5, 0.6) is 0 Å². The van der Waals surface area contributed by atoms with E-state index in [4.69, 9.17) is 4.42 Å². The maximum atomic E-state index is 5.38. The molecule has 0 radical (unpaired) electrons. The molecule has 0 amide bonds. The Morgan fingerprint density at radius 3 is 2.62 bits per heavy atom. The van der Waals surface area contributed by atoms with Crippen LogP contribution in [0.1, 0.15) is 17.3 Å². The number of hydrogen-bond donors (Lipinski definition) is 0. The summed E-state index contributed by atoms with van der Waals surface area (Å²) in [5.74, 6) is 1.41. The normalized spacial score (nSPS) is 10.6. The minimum atomic E-state index is 0.577. The second kappa shape index (κ2) is 3.90. The lowest BCUT2D eigenvalue weighted by Crippen LogP contribution is -1.78. The largest absolute Gasteiger partial charge is 0.441 e. The lowest BCUT2D eigenvalue weighted by molar-refractivity contribution is 0.513. The van der Waals surface area contributed by atoms with Gasteiger partial charge >= 0.3 is 0 Å². The van der Waals surface area contributed by atoms with Crippen molar-refractivity contribution in [3.8, 4) is 0 Å². The van der Waals surface area contributed by atoms with E-state index in [-0.39, 0.29) is 0 Å². The number of aromatic nitrogens is 1. The maximum Gasteiger partial charge on any atom is 0.225 e. The lowest BCUT2D eigenvalue weighted by atomic mass is 10.3. The highest BCUT2D eigenvalue weighted by Gasteiger charge is 2.05. The predicted molar refractivity (Wildman–Crippen MR) is 54.3 cm³/mol. The van der Waals surface area contributed by atoms with Gasteiger partial charge in [0.2, 0.25) is 5.89 Å². The minimum Gasteiger partial charge on any atom is -0.441 e. The predicted octanol–water partition coefficient (Wildman–Crippen LogP) is 3.05. The van der Waals surface area contributed by atoms with Crippen LogP contribution in [0.3, 0.4) is 0 Å². The molecule has 1 rings (SSSR count). The Morgan fingerprint density at radius 2 is 2.15 bits per heavy atom. The first kappa shape index (κ1) is 9.52. The van der Waals surface area contributed by atoms with E-state index in [1.54, 1.807) is 12.2 Å². The van der Waals surface area contributed by atoms with Gasteiger partial charge in [0.15, 0.2) is 0 Å². The van der Waals surface area contributed by atoms with Gasteiger partial charge in [0.1, 0.15) is 5.76 Å². The van der Waals surface area contributed by atoms with E-state index in [1.807, 2.05) is 19.9 Å². The average molecular weight is 175 g/mol. The van der Waals surface area contributed by atoms with Gasteiger partial charge in [-0.05, 0) is 13.8 Å². The molecule has 1 aromatic heterocycles. The number of hydrogen-bond acceptors (Lipinski definition) is 2. The summed E-state index contributed by atoms with van der Waals surface area (Å²) in [5.41, 5.74) is 1.67. The fourth-order valence-electron chi connectivity index (χ4n) is 0.866. The molecule has 0 atom stereocenters. The Balaban J connectivity index is 2.89. The highest BCUT2D eigenvalue weighted by molar-refractivity contribution is 5.66. The van der Waals surface area contributed by atoms with Crippen molar-refractivity contribution in [1.29, 1.82) is 0 Å². The SMILES string of the molecule is C=C/C=C\C(=C)c1nc(C)c(C)o1. The average Bonchev–Trinajstić information content (AvgIpc) is 2.43. The van der Waals surface area contributed by atoms with E-state index >= 15 is 0 Å². The van der Waals surface area contributed by atoms with Gasteiger partial charge in [-0.15, -0.1) is 0 Å². The van der Waals surface area contributed by atoms with Crippen molar-refractivity contribution < 1.29 is 4.42 Å². The molecule has 0 unspecified atom stereocenters. The number of allylic oxidation sites excluding steroid dienone is 4. The van der Waals surface area contributed by atoms with Crippen LogP contribution in [0.2, 0.25) is 0 Å². The van der Waals surface area contributed by atoms with E-state index in [0.717, 1.165) is 17.0 Å². The standard InChI is InChI=1S/C11H13NO/c1-5-6-7-8(2)11-12-9(3)10(4)13-11/h5-7H,1-2H2,3-4H3/b7-6-. The third kappa shape index (κ3) is 2.18. The van der Waals surface area contributed by atoms with Crippen molar-refractivity contribution in [2.45, 2.75) is 13.8 Å². The van der Waals surface area contributed by atoms with Crippen molar-refractivity contribution in [1.82, 2.24) is 4.98 Å². The molecule has 2 nitrogen and oxygen atoms in total. The third-order valence-electron chi connectivity index (χ3n) is 1.74. The van der Waals surface area contributed by atoms with Crippen LogP contribution >= 0.6 is 0 Å². The molecule has 1 heterocycles. The lowest BCUT2D eigenvalue weighted by Gasteiger charge is -1.89. The molecule has 0 aliphatic heterocycles. The van der Waals surface area contributed by atoms with Gasteiger partial charge in [-0.3, -0.25) is 0 Å². The molecule has 2 heteroatoms. The quantitative estimate of drug-likeness (QED) is 0.660. The van der Waals surface area contributed by atoms with Crippen molar-refractivity contribution >= 4 is 5.57 Å². The van der Waals surface area contributed by atoms with Crippen LogP contribution < -0.4 is 0 Å². The van der Waals surface area contributed by atoms with Crippen molar-refractivity contribution in [3.63, 3.8) is 0 Å². The Bertz CT molecular complexity index is 339. The third-order valence-corrected chi connectivity index (χ3v) is 1.74. The summed E-state index contributed by atoms with van der Waals surface area (Å²) >= 11 is 0. The second-order valence-electron chi connectivity index (χ2n) is 2.78. The molecule has 13 heavy (non-hydrogen) atoms. The Labute approximate surface area is 78.3 Å². The van der Waals surface area contributed by atoms with Gasteiger partial charge in [-0.2, -0.15) is 0 Å². The summed E-state index contributed by atoms with van der Waals surface area (Å²) in [4.78, 5) is 4.21. The number of aryl methyl sites for hydroxylation is 2. The van der Waals surface area contributed by atoms with Gasteiger partial charge in [0.25, 0.3) is 0 Å². The first-order chi connectivity index (χ1) is 6.15. The van der Waals surface area contributed by atoms with Gasteiger partial charge in [0.05, 0.1) is 5.69 Å². The van der Waals surface area contributed by atoms with Crippen LogP contribution in [-0.2, 0) is 0 Å². The van der Waals surface area contributed by atoms with E-state index in [2.05, 4.69) is 18.1 Å². The van der Waals surface area contributed by atoms with Crippen LogP contribution in [0.15, 0.2) is 35.8 Å². The molecule has 0 aliphatic carbocycles. The zero-order valence-corrected chi connectivity index (χ0v) is 8.00. The van der Waals surface area contributed by atoms with Gasteiger partial charge in [-0.1, -0.05) is 31.4 Å². The van der Waals surface area contributed by atoms with Gasteiger partial charge in [0, 0.05) is 5.57 Å². The molecular weight excluding hydrogens is 162 g/mol. The zero-order valence-electron chi connectivity index (χ0n) is 8.00. The van der Waals surface area contributed by atoms with Crippen LogP contribution in [-0.4, -0.2) is 4.98 Å². The molecule has 0 spiro atoms. The van der Waals surface area contributed by atoms with E-state index in [9.17, 15) is 0 Å². The number of rotatable bonds is 3. The summed E-state index contributed by atoms with van der Waals surface area (Å²) in [6.45, 7) is 11.2. The van der Waals surface area contributed by atoms with E-state index in [0.29, 0.717) is 5.89 Å². The first-order valence-electron chi connectivity index (χ1n) is 4.07. The fraction of sp³-hybridized carbons (Fsp3) is 0.182. The topological polar surface area (TPSA) is 26.0 Å². The molecule has 68 valence electrons. The molecule has 0 aliphatic rings. The number of oxazole rings is 1. The van der Waals surface area contributed by atoms with Crippen molar-refractivity contribution in [2.24, 2.45) is 0 Å². The van der Waals surface area contributed by atoms with E-state index < -0.39 is 0 Å². The smallest absolute Gasteiger partial charge is 0.225 e. The van der Waals surface area contributed by atoms with Crippen LogP contribution in [0, 0.1) is 13.8 Å². The summed E-state index contributed by atoms with van der Waals surface area (Å²) in [5, 5.41) is 0. The fourth-order valence-corrected chi connectivity index (χ4v) is 0.866. The molecule has 0 saturated heterocycles. The molecule has 0 saturated carbocycles.